The van der Waals surface area contributed by atoms with Crippen LogP contribution >= 0.6 is 39.1 Å². The highest BCUT2D eigenvalue weighted by Crippen LogP contribution is 2.39. The number of benzene rings is 3. The molecule has 0 spiro atoms. The van der Waals surface area contributed by atoms with E-state index in [4.69, 9.17) is 42.1 Å². The van der Waals surface area contributed by atoms with Crippen molar-refractivity contribution >= 4 is 50.8 Å². The molecule has 4 rings (SSSR count). The van der Waals surface area contributed by atoms with Crippen molar-refractivity contribution in [3.05, 3.63) is 79.7 Å². The third-order valence-corrected chi connectivity index (χ3v) is 6.01. The fourth-order valence-electron chi connectivity index (χ4n) is 3.27. The Bertz CT molecular complexity index is 1270. The maximum absolute atomic E-state index is 9.76. The first kappa shape index (κ1) is 23.3. The van der Waals surface area contributed by atoms with Crippen molar-refractivity contribution in [3.63, 3.8) is 0 Å². The second-order valence-corrected chi connectivity index (χ2v) is 8.72. The standard InChI is InChI=1S/C25H18BrCl2NO4/c1-2-30-24-9-15(7-18(12-29)16-4-6-22-23(10-16)33-14-32-22)8-20(26)25(24)31-13-17-3-5-19(27)11-21(17)28/h3-11H,2,13-14H2,1H3/b18-7-. The monoisotopic (exact) mass is 545 g/mol. The Labute approximate surface area is 210 Å². The highest BCUT2D eigenvalue weighted by atomic mass is 79.9. The van der Waals surface area contributed by atoms with Crippen LogP contribution in [0.5, 0.6) is 23.0 Å². The van der Waals surface area contributed by atoms with Crippen LogP contribution in [0.4, 0.5) is 0 Å². The number of hydrogen-bond acceptors (Lipinski definition) is 5. The molecule has 1 heterocycles. The number of nitriles is 1. The Kier molecular flexibility index (Phi) is 7.34. The third kappa shape index (κ3) is 5.39. The van der Waals surface area contributed by atoms with Crippen LogP contribution in [0.15, 0.2) is 53.0 Å². The van der Waals surface area contributed by atoms with Gasteiger partial charge in [0.1, 0.15) is 6.61 Å². The first-order valence-corrected chi connectivity index (χ1v) is 11.6. The number of ether oxygens (including phenoxy) is 4. The summed E-state index contributed by atoms with van der Waals surface area (Å²) < 4.78 is 23.3. The molecular formula is C25H18BrCl2NO4. The van der Waals surface area contributed by atoms with E-state index in [1.165, 1.54) is 0 Å². The van der Waals surface area contributed by atoms with Gasteiger partial charge < -0.3 is 18.9 Å². The van der Waals surface area contributed by atoms with Gasteiger partial charge in [0.25, 0.3) is 0 Å². The average Bonchev–Trinajstić information content (AvgIpc) is 3.26. The first-order valence-electron chi connectivity index (χ1n) is 10.0. The van der Waals surface area contributed by atoms with Crippen molar-refractivity contribution in [1.82, 2.24) is 0 Å². The second kappa shape index (κ2) is 10.4. The molecule has 0 bridgehead atoms. The van der Waals surface area contributed by atoms with Gasteiger partial charge in [0, 0.05) is 15.6 Å². The molecule has 1 aliphatic rings. The lowest BCUT2D eigenvalue weighted by molar-refractivity contribution is 0.174. The maximum Gasteiger partial charge on any atom is 0.231 e. The van der Waals surface area contributed by atoms with E-state index in [0.29, 0.717) is 49.7 Å². The van der Waals surface area contributed by atoms with Crippen molar-refractivity contribution in [2.75, 3.05) is 13.4 Å². The molecule has 5 nitrogen and oxygen atoms in total. The van der Waals surface area contributed by atoms with Gasteiger partial charge in [0.15, 0.2) is 23.0 Å². The maximum atomic E-state index is 9.76. The number of rotatable bonds is 7. The predicted octanol–water partition coefficient (Wildman–Crippen LogP) is 7.53. The summed E-state index contributed by atoms with van der Waals surface area (Å²) in [7, 11) is 0. The van der Waals surface area contributed by atoms with E-state index in [1.807, 2.05) is 31.2 Å². The zero-order chi connectivity index (χ0) is 23.4. The quantitative estimate of drug-likeness (QED) is 0.226. The fraction of sp³-hybridized carbons (Fsp3) is 0.160. The smallest absolute Gasteiger partial charge is 0.231 e. The molecular weight excluding hydrogens is 529 g/mol. The minimum atomic E-state index is 0.178. The van der Waals surface area contributed by atoms with E-state index in [-0.39, 0.29) is 13.4 Å². The Hall–Kier alpha value is -2.85. The molecule has 0 saturated carbocycles. The molecule has 0 unspecified atom stereocenters. The van der Waals surface area contributed by atoms with E-state index >= 15 is 0 Å². The minimum Gasteiger partial charge on any atom is -0.490 e. The number of hydrogen-bond donors (Lipinski definition) is 0. The second-order valence-electron chi connectivity index (χ2n) is 7.03. The van der Waals surface area contributed by atoms with Crippen molar-refractivity contribution < 1.29 is 18.9 Å². The Morgan fingerprint density at radius 1 is 1.09 bits per heavy atom. The summed E-state index contributed by atoms with van der Waals surface area (Å²) in [5, 5.41) is 10.9. The molecule has 0 radical (unpaired) electrons. The molecule has 0 fully saturated rings. The molecule has 0 amide bonds. The normalized spacial score (nSPS) is 12.4. The summed E-state index contributed by atoms with van der Waals surface area (Å²) in [6, 6.07) is 16.6. The lowest BCUT2D eigenvalue weighted by atomic mass is 10.0. The molecule has 3 aromatic rings. The summed E-state index contributed by atoms with van der Waals surface area (Å²) in [5.74, 6) is 2.38. The summed E-state index contributed by atoms with van der Waals surface area (Å²) in [6.07, 6.45) is 1.78. The highest BCUT2D eigenvalue weighted by Gasteiger charge is 2.16. The average molecular weight is 547 g/mol. The molecule has 0 aromatic heterocycles. The Morgan fingerprint density at radius 3 is 2.67 bits per heavy atom. The van der Waals surface area contributed by atoms with Gasteiger partial charge >= 0.3 is 0 Å². The molecule has 0 N–H and O–H groups in total. The Morgan fingerprint density at radius 2 is 1.91 bits per heavy atom. The van der Waals surface area contributed by atoms with Crippen LogP contribution in [-0.4, -0.2) is 13.4 Å². The van der Waals surface area contributed by atoms with Gasteiger partial charge in [0.05, 0.1) is 22.7 Å². The molecule has 3 aromatic carbocycles. The zero-order valence-electron chi connectivity index (χ0n) is 17.5. The summed E-state index contributed by atoms with van der Waals surface area (Å²) >= 11 is 15.8. The van der Waals surface area contributed by atoms with Gasteiger partial charge in [-0.15, -0.1) is 0 Å². The van der Waals surface area contributed by atoms with Crippen LogP contribution in [0.2, 0.25) is 10.0 Å². The summed E-state index contributed by atoms with van der Waals surface area (Å²) in [6.45, 7) is 2.76. The van der Waals surface area contributed by atoms with E-state index in [9.17, 15) is 5.26 Å². The van der Waals surface area contributed by atoms with Crippen molar-refractivity contribution in [3.8, 4) is 29.1 Å². The molecule has 0 saturated heterocycles. The van der Waals surface area contributed by atoms with Crippen molar-refractivity contribution in [2.45, 2.75) is 13.5 Å². The molecule has 1 aliphatic heterocycles. The van der Waals surface area contributed by atoms with E-state index in [0.717, 1.165) is 16.7 Å². The largest absolute Gasteiger partial charge is 0.490 e. The molecule has 8 heteroatoms. The van der Waals surface area contributed by atoms with Crippen LogP contribution in [0.25, 0.3) is 11.6 Å². The fourth-order valence-corrected chi connectivity index (χ4v) is 4.31. The van der Waals surface area contributed by atoms with Gasteiger partial charge in [0.2, 0.25) is 6.79 Å². The third-order valence-electron chi connectivity index (χ3n) is 4.83. The minimum absolute atomic E-state index is 0.178. The lowest BCUT2D eigenvalue weighted by Crippen LogP contribution is -2.01. The molecule has 168 valence electrons. The van der Waals surface area contributed by atoms with Gasteiger partial charge in [-0.1, -0.05) is 29.3 Å². The van der Waals surface area contributed by atoms with Gasteiger partial charge in [-0.2, -0.15) is 5.26 Å². The van der Waals surface area contributed by atoms with Gasteiger partial charge in [-0.05, 0) is 82.5 Å². The van der Waals surface area contributed by atoms with Crippen LogP contribution in [0.3, 0.4) is 0 Å². The molecule has 0 aliphatic carbocycles. The Balaban J connectivity index is 1.63. The van der Waals surface area contributed by atoms with Crippen LogP contribution < -0.4 is 18.9 Å². The summed E-state index contributed by atoms with van der Waals surface area (Å²) in [4.78, 5) is 0. The number of halogens is 3. The topological polar surface area (TPSA) is 60.7 Å². The van der Waals surface area contributed by atoms with Gasteiger partial charge in [-0.25, -0.2) is 0 Å². The predicted molar refractivity (Wildman–Crippen MR) is 132 cm³/mol. The molecule has 0 atom stereocenters. The van der Waals surface area contributed by atoms with E-state index in [1.54, 1.807) is 30.3 Å². The van der Waals surface area contributed by atoms with E-state index < -0.39 is 0 Å². The summed E-state index contributed by atoms with van der Waals surface area (Å²) in [5.41, 5.74) is 2.78. The van der Waals surface area contributed by atoms with Gasteiger partial charge in [-0.3, -0.25) is 0 Å². The van der Waals surface area contributed by atoms with Crippen LogP contribution in [0, 0.1) is 11.3 Å². The SMILES string of the molecule is CCOc1cc(/C=C(/C#N)c2ccc3c(c2)OCO3)cc(Br)c1OCc1ccc(Cl)cc1Cl. The number of nitrogens with zero attached hydrogens (tertiary/aromatic N) is 1. The van der Waals surface area contributed by atoms with Crippen molar-refractivity contribution in [1.29, 1.82) is 5.26 Å². The van der Waals surface area contributed by atoms with E-state index in [2.05, 4.69) is 22.0 Å². The lowest BCUT2D eigenvalue weighted by Gasteiger charge is -2.15. The molecule has 33 heavy (non-hydrogen) atoms. The first-order chi connectivity index (χ1) is 16.0. The van der Waals surface area contributed by atoms with Crippen LogP contribution in [0.1, 0.15) is 23.6 Å². The van der Waals surface area contributed by atoms with Crippen LogP contribution in [-0.2, 0) is 6.61 Å². The number of allylic oxidation sites excluding steroid dienone is 1. The van der Waals surface area contributed by atoms with Crippen molar-refractivity contribution in [2.24, 2.45) is 0 Å². The number of fused-ring (bicyclic) bond motifs is 1. The zero-order valence-corrected chi connectivity index (χ0v) is 20.6. The highest BCUT2D eigenvalue weighted by molar-refractivity contribution is 9.10.